The number of fused-ring (bicyclic) bond motifs is 1. The minimum Gasteiger partial charge on any atom is -0.385 e. The molecule has 0 aromatic carbocycles. The number of rotatable bonds is 0. The zero-order chi connectivity index (χ0) is 9.85. The van der Waals surface area contributed by atoms with Crippen molar-refractivity contribution in [1.82, 2.24) is 0 Å². The lowest BCUT2D eigenvalue weighted by Gasteiger charge is -2.29. The Hall–Kier alpha value is -0.370. The van der Waals surface area contributed by atoms with Gasteiger partial charge in [-0.3, -0.25) is 4.79 Å². The molecule has 2 fully saturated rings. The van der Waals surface area contributed by atoms with Crippen molar-refractivity contribution in [2.45, 2.75) is 46.1 Å². The third kappa shape index (κ3) is 1.01. The molecular formula is C11H18O2. The highest BCUT2D eigenvalue weighted by Gasteiger charge is 2.59. The molecule has 2 rings (SSSR count). The van der Waals surface area contributed by atoms with Crippen molar-refractivity contribution in [1.29, 1.82) is 0 Å². The monoisotopic (exact) mass is 182 g/mol. The van der Waals surface area contributed by atoms with E-state index in [1.807, 2.05) is 6.92 Å². The summed E-state index contributed by atoms with van der Waals surface area (Å²) in [5, 5.41) is 9.55. The van der Waals surface area contributed by atoms with Crippen LogP contribution in [0.15, 0.2) is 0 Å². The van der Waals surface area contributed by atoms with Crippen LogP contribution in [0.4, 0.5) is 0 Å². The number of aliphatic hydroxyl groups is 1. The van der Waals surface area contributed by atoms with Crippen LogP contribution in [-0.4, -0.2) is 17.0 Å². The SMILES string of the molecule is CC1(C)CC[C@]2(C)C(=O)[C@@H](O)C[C@H]12. The number of hydrogen-bond acceptors (Lipinski definition) is 2. The summed E-state index contributed by atoms with van der Waals surface area (Å²) in [5.74, 6) is 0.477. The molecule has 0 unspecified atom stereocenters. The Morgan fingerprint density at radius 3 is 2.46 bits per heavy atom. The summed E-state index contributed by atoms with van der Waals surface area (Å²) in [4.78, 5) is 11.7. The maximum Gasteiger partial charge on any atom is 0.167 e. The molecule has 13 heavy (non-hydrogen) atoms. The molecule has 3 atom stereocenters. The maximum atomic E-state index is 11.7. The molecule has 0 spiro atoms. The Kier molecular flexibility index (Phi) is 1.66. The van der Waals surface area contributed by atoms with Gasteiger partial charge in [-0.25, -0.2) is 0 Å². The highest BCUT2D eigenvalue weighted by molar-refractivity contribution is 5.91. The molecule has 0 bridgehead atoms. The van der Waals surface area contributed by atoms with Gasteiger partial charge in [-0.05, 0) is 30.6 Å². The molecule has 0 aromatic rings. The van der Waals surface area contributed by atoms with Crippen LogP contribution >= 0.6 is 0 Å². The average molecular weight is 182 g/mol. The van der Waals surface area contributed by atoms with E-state index in [9.17, 15) is 9.90 Å². The standard InChI is InChI=1S/C11H18O2/c1-10(2)4-5-11(3)8(10)6-7(12)9(11)13/h7-8,12H,4-6H2,1-3H3/t7-,8+,11-/m0/s1. The van der Waals surface area contributed by atoms with Crippen LogP contribution in [0.1, 0.15) is 40.0 Å². The molecule has 0 amide bonds. The Morgan fingerprint density at radius 2 is 1.92 bits per heavy atom. The minimum atomic E-state index is -0.686. The van der Waals surface area contributed by atoms with Gasteiger partial charge in [-0.2, -0.15) is 0 Å². The van der Waals surface area contributed by atoms with Crippen molar-refractivity contribution in [3.63, 3.8) is 0 Å². The van der Waals surface area contributed by atoms with Gasteiger partial charge in [0.25, 0.3) is 0 Å². The van der Waals surface area contributed by atoms with Gasteiger partial charge >= 0.3 is 0 Å². The maximum absolute atomic E-state index is 11.7. The number of hydrogen-bond donors (Lipinski definition) is 1. The summed E-state index contributed by atoms with van der Waals surface area (Å²) < 4.78 is 0. The van der Waals surface area contributed by atoms with Crippen molar-refractivity contribution in [2.24, 2.45) is 16.7 Å². The van der Waals surface area contributed by atoms with Crippen LogP contribution < -0.4 is 0 Å². The topological polar surface area (TPSA) is 37.3 Å². The lowest BCUT2D eigenvalue weighted by molar-refractivity contribution is -0.132. The molecular weight excluding hydrogens is 164 g/mol. The van der Waals surface area contributed by atoms with Crippen molar-refractivity contribution in [2.75, 3.05) is 0 Å². The van der Waals surface area contributed by atoms with E-state index in [0.717, 1.165) is 12.8 Å². The number of ketones is 1. The Morgan fingerprint density at radius 1 is 1.31 bits per heavy atom. The van der Waals surface area contributed by atoms with Gasteiger partial charge in [0, 0.05) is 5.41 Å². The Labute approximate surface area is 79.3 Å². The summed E-state index contributed by atoms with van der Waals surface area (Å²) in [6.45, 7) is 6.47. The van der Waals surface area contributed by atoms with E-state index in [0.29, 0.717) is 12.3 Å². The molecule has 0 radical (unpaired) electrons. The first-order valence-corrected chi connectivity index (χ1v) is 5.10. The molecule has 0 aliphatic heterocycles. The smallest absolute Gasteiger partial charge is 0.167 e. The molecule has 2 aliphatic carbocycles. The fourth-order valence-electron chi connectivity index (χ4n) is 3.38. The van der Waals surface area contributed by atoms with Crippen molar-refractivity contribution in [3.05, 3.63) is 0 Å². The fourth-order valence-corrected chi connectivity index (χ4v) is 3.38. The summed E-state index contributed by atoms with van der Waals surface area (Å²) in [6, 6.07) is 0. The van der Waals surface area contributed by atoms with Gasteiger partial charge in [0.2, 0.25) is 0 Å². The first-order chi connectivity index (χ1) is 5.88. The largest absolute Gasteiger partial charge is 0.385 e. The van der Waals surface area contributed by atoms with Gasteiger partial charge in [-0.1, -0.05) is 20.8 Å². The molecule has 0 heterocycles. The second-order valence-electron chi connectivity index (χ2n) is 5.57. The normalized spacial score (nSPS) is 48.2. The van der Waals surface area contributed by atoms with Gasteiger partial charge < -0.3 is 5.11 Å². The molecule has 1 N–H and O–H groups in total. The Balaban J connectivity index is 2.37. The molecule has 2 aliphatic rings. The van der Waals surface area contributed by atoms with Crippen LogP contribution in [0.25, 0.3) is 0 Å². The number of carbonyl (C=O) groups is 1. The van der Waals surface area contributed by atoms with E-state index in [2.05, 4.69) is 13.8 Å². The second-order valence-corrected chi connectivity index (χ2v) is 5.57. The van der Waals surface area contributed by atoms with Crippen LogP contribution in [0.5, 0.6) is 0 Å². The Bertz CT molecular complexity index is 257. The first-order valence-electron chi connectivity index (χ1n) is 5.10. The van der Waals surface area contributed by atoms with Gasteiger partial charge in [-0.15, -0.1) is 0 Å². The van der Waals surface area contributed by atoms with Gasteiger partial charge in [0.05, 0.1) is 0 Å². The molecule has 0 saturated heterocycles. The average Bonchev–Trinajstić information content (AvgIpc) is 2.40. The number of carbonyl (C=O) groups excluding carboxylic acids is 1. The quantitative estimate of drug-likeness (QED) is 0.620. The van der Waals surface area contributed by atoms with E-state index in [1.54, 1.807) is 0 Å². The van der Waals surface area contributed by atoms with Crippen molar-refractivity contribution in [3.8, 4) is 0 Å². The predicted molar refractivity (Wildman–Crippen MR) is 50.2 cm³/mol. The van der Waals surface area contributed by atoms with Crippen molar-refractivity contribution < 1.29 is 9.90 Å². The lowest BCUT2D eigenvalue weighted by Crippen LogP contribution is -2.30. The zero-order valence-corrected chi connectivity index (χ0v) is 8.63. The summed E-state index contributed by atoms with van der Waals surface area (Å²) in [5.41, 5.74) is 0.0187. The van der Waals surface area contributed by atoms with E-state index < -0.39 is 6.10 Å². The van der Waals surface area contributed by atoms with E-state index in [-0.39, 0.29) is 16.6 Å². The fraction of sp³-hybridized carbons (Fsp3) is 0.909. The third-order valence-electron chi connectivity index (χ3n) is 4.33. The number of Topliss-reactive ketones (excluding diaryl/α,β-unsaturated/α-hetero) is 1. The van der Waals surface area contributed by atoms with Crippen LogP contribution in [-0.2, 0) is 4.79 Å². The highest BCUT2D eigenvalue weighted by atomic mass is 16.3. The summed E-state index contributed by atoms with van der Waals surface area (Å²) >= 11 is 0. The van der Waals surface area contributed by atoms with Crippen LogP contribution in [0, 0.1) is 16.7 Å². The summed E-state index contributed by atoms with van der Waals surface area (Å²) in [7, 11) is 0. The lowest BCUT2D eigenvalue weighted by atomic mass is 9.73. The summed E-state index contributed by atoms with van der Waals surface area (Å²) in [6.07, 6.45) is 2.07. The third-order valence-corrected chi connectivity index (χ3v) is 4.33. The van der Waals surface area contributed by atoms with Gasteiger partial charge in [0.15, 0.2) is 5.78 Å². The zero-order valence-electron chi connectivity index (χ0n) is 8.63. The number of aliphatic hydroxyl groups excluding tert-OH is 1. The molecule has 0 aromatic heterocycles. The van der Waals surface area contributed by atoms with E-state index in [4.69, 9.17) is 0 Å². The molecule has 2 nitrogen and oxygen atoms in total. The van der Waals surface area contributed by atoms with Gasteiger partial charge in [0.1, 0.15) is 6.10 Å². The first kappa shape index (κ1) is 9.20. The highest BCUT2D eigenvalue weighted by Crippen LogP contribution is 2.60. The van der Waals surface area contributed by atoms with Crippen LogP contribution in [0.2, 0.25) is 0 Å². The van der Waals surface area contributed by atoms with E-state index >= 15 is 0 Å². The second kappa shape index (κ2) is 2.35. The van der Waals surface area contributed by atoms with E-state index in [1.165, 1.54) is 0 Å². The predicted octanol–water partition coefficient (Wildman–Crippen LogP) is 1.76. The molecule has 2 saturated carbocycles. The van der Waals surface area contributed by atoms with Crippen LogP contribution in [0.3, 0.4) is 0 Å². The minimum absolute atomic E-state index is 0.0862. The van der Waals surface area contributed by atoms with Crippen molar-refractivity contribution >= 4 is 5.78 Å². The molecule has 74 valence electrons. The molecule has 2 heteroatoms.